The van der Waals surface area contributed by atoms with Gasteiger partial charge in [-0.2, -0.15) is 5.10 Å². The van der Waals surface area contributed by atoms with E-state index in [1.165, 1.54) is 5.69 Å². The van der Waals surface area contributed by atoms with Crippen LogP contribution < -0.4 is 5.32 Å². The second kappa shape index (κ2) is 6.64. The minimum absolute atomic E-state index is 0.0993. The summed E-state index contributed by atoms with van der Waals surface area (Å²) in [5, 5.41) is 7.96. The summed E-state index contributed by atoms with van der Waals surface area (Å²) >= 11 is 0. The van der Waals surface area contributed by atoms with Crippen molar-refractivity contribution in [1.82, 2.24) is 14.7 Å². The molecule has 118 valence electrons. The molecule has 1 aromatic heterocycles. The fraction of sp³-hybridized carbons (Fsp3) is 0.412. The Bertz CT molecular complexity index is 639. The van der Waals surface area contributed by atoms with E-state index in [2.05, 4.69) is 30.5 Å². The van der Waals surface area contributed by atoms with Crippen LogP contribution >= 0.6 is 0 Å². The number of nitrogens with zero attached hydrogens (tertiary/aromatic N) is 3. The highest BCUT2D eigenvalue weighted by Gasteiger charge is 2.25. The zero-order valence-electron chi connectivity index (χ0n) is 13.6. The molecule has 1 aliphatic heterocycles. The van der Waals surface area contributed by atoms with Crippen LogP contribution in [0.1, 0.15) is 32.0 Å². The molecule has 0 fully saturated rings. The number of anilines is 1. The van der Waals surface area contributed by atoms with Crippen LogP contribution in [0.2, 0.25) is 0 Å². The number of carbonyl (C=O) groups is 1. The van der Waals surface area contributed by atoms with Gasteiger partial charge in [0, 0.05) is 43.4 Å². The molecule has 2 heterocycles. The molecule has 0 saturated carbocycles. The lowest BCUT2D eigenvalue weighted by molar-refractivity contribution is -0.129. The van der Waals surface area contributed by atoms with Gasteiger partial charge in [0.25, 0.3) is 0 Å². The van der Waals surface area contributed by atoms with Crippen LogP contribution in [-0.4, -0.2) is 27.1 Å². The van der Waals surface area contributed by atoms with Crippen molar-refractivity contribution in [3.63, 3.8) is 0 Å². The van der Waals surface area contributed by atoms with Crippen molar-refractivity contribution in [3.05, 3.63) is 47.8 Å². The predicted octanol–water partition coefficient (Wildman–Crippen LogP) is 2.87. The maximum absolute atomic E-state index is 11.7. The van der Waals surface area contributed by atoms with Crippen molar-refractivity contribution >= 4 is 11.7 Å². The highest BCUT2D eigenvalue weighted by atomic mass is 16.2. The minimum Gasteiger partial charge on any atom is -0.338 e. The summed E-state index contributed by atoms with van der Waals surface area (Å²) in [4.78, 5) is 13.5. The zero-order valence-corrected chi connectivity index (χ0v) is 13.6. The van der Waals surface area contributed by atoms with Crippen molar-refractivity contribution < 1.29 is 4.79 Å². The van der Waals surface area contributed by atoms with Gasteiger partial charge in [-0.25, -0.2) is 0 Å². The molecule has 0 unspecified atom stereocenters. The van der Waals surface area contributed by atoms with Gasteiger partial charge in [-0.15, -0.1) is 0 Å². The number of hydrogen-bond acceptors (Lipinski definition) is 3. The standard InChI is InChI=1S/C17H24N4O/c1-6-14(10-12(3)4)18-17-15-11-20(13(5)22)9-8-16(15)21(7-2)19-17/h6,10H,1,3,7-9,11H2,2,4-5H3,(H,18,19)/b14-10+. The Hall–Kier alpha value is -2.30. The van der Waals surface area contributed by atoms with Crippen LogP contribution in [0.25, 0.3) is 0 Å². The Kier molecular flexibility index (Phi) is 4.85. The summed E-state index contributed by atoms with van der Waals surface area (Å²) in [6.07, 6.45) is 4.51. The summed E-state index contributed by atoms with van der Waals surface area (Å²) in [7, 11) is 0. The molecule has 0 atom stereocenters. The van der Waals surface area contributed by atoms with Crippen LogP contribution in [0.5, 0.6) is 0 Å². The molecule has 0 aliphatic carbocycles. The summed E-state index contributed by atoms with van der Waals surface area (Å²) < 4.78 is 2.01. The molecule has 1 aromatic rings. The third kappa shape index (κ3) is 3.30. The number of carbonyl (C=O) groups excluding carboxylic acids is 1. The van der Waals surface area contributed by atoms with Gasteiger partial charge in [0.05, 0.1) is 6.54 Å². The Labute approximate surface area is 132 Å². The average Bonchev–Trinajstić information content (AvgIpc) is 2.83. The predicted molar refractivity (Wildman–Crippen MR) is 89.4 cm³/mol. The Balaban J connectivity index is 2.36. The first-order chi connectivity index (χ1) is 10.5. The number of amides is 1. The van der Waals surface area contributed by atoms with E-state index in [1.807, 2.05) is 22.6 Å². The van der Waals surface area contributed by atoms with E-state index < -0.39 is 0 Å². The lowest BCUT2D eigenvalue weighted by Gasteiger charge is -2.26. The van der Waals surface area contributed by atoms with E-state index >= 15 is 0 Å². The van der Waals surface area contributed by atoms with Crippen LogP contribution in [0.4, 0.5) is 5.82 Å². The van der Waals surface area contributed by atoms with E-state index in [4.69, 9.17) is 0 Å². The van der Waals surface area contributed by atoms with Crippen LogP contribution in [0.15, 0.2) is 36.6 Å². The monoisotopic (exact) mass is 300 g/mol. The molecule has 0 saturated heterocycles. The molecule has 5 heteroatoms. The molecular formula is C17H24N4O. The number of allylic oxidation sites excluding steroid dienone is 3. The number of nitrogens with one attached hydrogen (secondary N) is 1. The molecular weight excluding hydrogens is 276 g/mol. The maximum atomic E-state index is 11.7. The van der Waals surface area contributed by atoms with Gasteiger partial charge < -0.3 is 10.2 Å². The van der Waals surface area contributed by atoms with Crippen LogP contribution in [-0.2, 0) is 24.3 Å². The fourth-order valence-electron chi connectivity index (χ4n) is 2.67. The van der Waals surface area contributed by atoms with E-state index in [1.54, 1.807) is 13.0 Å². The normalized spacial score (nSPS) is 14.5. The summed E-state index contributed by atoms with van der Waals surface area (Å²) in [5.41, 5.74) is 4.10. The molecule has 1 aliphatic rings. The highest BCUT2D eigenvalue weighted by Crippen LogP contribution is 2.27. The van der Waals surface area contributed by atoms with E-state index in [9.17, 15) is 4.79 Å². The number of aryl methyl sites for hydroxylation is 1. The summed E-state index contributed by atoms with van der Waals surface area (Å²) in [5.74, 6) is 0.900. The topological polar surface area (TPSA) is 50.2 Å². The Morgan fingerprint density at radius 1 is 1.45 bits per heavy atom. The van der Waals surface area contributed by atoms with Crippen molar-refractivity contribution in [2.45, 2.75) is 40.3 Å². The van der Waals surface area contributed by atoms with Gasteiger partial charge >= 0.3 is 0 Å². The largest absolute Gasteiger partial charge is 0.338 e. The number of aromatic nitrogens is 2. The number of fused-ring (bicyclic) bond motifs is 1. The van der Waals surface area contributed by atoms with E-state index in [0.717, 1.165) is 42.2 Å². The first-order valence-corrected chi connectivity index (χ1v) is 7.57. The quantitative estimate of drug-likeness (QED) is 0.851. The van der Waals surface area contributed by atoms with E-state index in [0.29, 0.717) is 6.54 Å². The van der Waals surface area contributed by atoms with E-state index in [-0.39, 0.29) is 5.91 Å². The van der Waals surface area contributed by atoms with Crippen molar-refractivity contribution in [2.24, 2.45) is 0 Å². The van der Waals surface area contributed by atoms with Gasteiger partial charge in [0.15, 0.2) is 5.82 Å². The van der Waals surface area contributed by atoms with Gasteiger partial charge in [-0.1, -0.05) is 18.7 Å². The lowest BCUT2D eigenvalue weighted by atomic mass is 10.1. The van der Waals surface area contributed by atoms with Crippen molar-refractivity contribution in [1.29, 1.82) is 0 Å². The molecule has 5 nitrogen and oxygen atoms in total. The second-order valence-corrected chi connectivity index (χ2v) is 5.56. The smallest absolute Gasteiger partial charge is 0.219 e. The first-order valence-electron chi connectivity index (χ1n) is 7.57. The molecule has 1 N–H and O–H groups in total. The molecule has 1 amide bonds. The van der Waals surface area contributed by atoms with Crippen LogP contribution in [0, 0.1) is 0 Å². The van der Waals surface area contributed by atoms with Gasteiger partial charge in [0.2, 0.25) is 5.91 Å². The maximum Gasteiger partial charge on any atom is 0.219 e. The second-order valence-electron chi connectivity index (χ2n) is 5.56. The van der Waals surface area contributed by atoms with Crippen molar-refractivity contribution in [2.75, 3.05) is 11.9 Å². The third-order valence-electron chi connectivity index (χ3n) is 3.76. The molecule has 2 rings (SSSR count). The lowest BCUT2D eigenvalue weighted by Crippen LogP contribution is -2.34. The third-order valence-corrected chi connectivity index (χ3v) is 3.76. The number of hydrogen-bond donors (Lipinski definition) is 1. The molecule has 0 aromatic carbocycles. The molecule has 0 spiro atoms. The number of rotatable bonds is 5. The summed E-state index contributed by atoms with van der Waals surface area (Å²) in [6, 6.07) is 0. The zero-order chi connectivity index (χ0) is 16.3. The fourth-order valence-corrected chi connectivity index (χ4v) is 2.67. The molecule has 0 bridgehead atoms. The van der Waals surface area contributed by atoms with Crippen LogP contribution in [0.3, 0.4) is 0 Å². The van der Waals surface area contributed by atoms with Gasteiger partial charge in [0.1, 0.15) is 0 Å². The average molecular weight is 300 g/mol. The minimum atomic E-state index is 0.0993. The Morgan fingerprint density at radius 2 is 2.18 bits per heavy atom. The van der Waals surface area contributed by atoms with Crippen molar-refractivity contribution in [3.8, 4) is 0 Å². The van der Waals surface area contributed by atoms with Gasteiger partial charge in [-0.3, -0.25) is 9.48 Å². The molecule has 22 heavy (non-hydrogen) atoms. The van der Waals surface area contributed by atoms with Gasteiger partial charge in [-0.05, 0) is 26.0 Å². The summed E-state index contributed by atoms with van der Waals surface area (Å²) in [6.45, 7) is 15.5. The highest BCUT2D eigenvalue weighted by molar-refractivity contribution is 5.74. The Morgan fingerprint density at radius 3 is 2.73 bits per heavy atom. The molecule has 0 radical (unpaired) electrons. The SMILES string of the molecule is C=C/C(=C\C(=C)C)Nc1nn(CC)c2c1CN(C(C)=O)CC2. The first kappa shape index (κ1) is 16.1.